The Morgan fingerprint density at radius 1 is 1.22 bits per heavy atom. The van der Waals surface area contributed by atoms with Crippen LogP contribution in [-0.2, 0) is 6.61 Å². The van der Waals surface area contributed by atoms with Gasteiger partial charge in [0.05, 0.1) is 0 Å². The van der Waals surface area contributed by atoms with Gasteiger partial charge < -0.3 is 10.5 Å². The zero-order valence-electron chi connectivity index (χ0n) is 10.0. The second kappa shape index (κ2) is 5.78. The maximum Gasteiger partial charge on any atom is 0.133 e. The molecule has 0 unspecified atom stereocenters. The Labute approximate surface area is 110 Å². The lowest BCUT2D eigenvalue weighted by Crippen LogP contribution is -1.98. The van der Waals surface area contributed by atoms with E-state index < -0.39 is 0 Å². The van der Waals surface area contributed by atoms with E-state index >= 15 is 0 Å². The molecule has 0 aliphatic heterocycles. The second-order valence-corrected chi connectivity index (χ2v) is 4.68. The molecule has 0 atom stereocenters. The SMILES string of the molecule is CSc1ccccc1OCc1cc(N)cc(F)c1. The summed E-state index contributed by atoms with van der Waals surface area (Å²) in [4.78, 5) is 1.06. The first kappa shape index (κ1) is 12.8. The summed E-state index contributed by atoms with van der Waals surface area (Å²) < 4.78 is 18.8. The normalized spacial score (nSPS) is 10.3. The molecule has 0 aliphatic carbocycles. The molecule has 2 N–H and O–H groups in total. The third-order valence-electron chi connectivity index (χ3n) is 2.44. The molecule has 94 valence electrons. The zero-order valence-corrected chi connectivity index (χ0v) is 10.8. The minimum absolute atomic E-state index is 0.305. The van der Waals surface area contributed by atoms with Crippen molar-refractivity contribution in [2.45, 2.75) is 11.5 Å². The van der Waals surface area contributed by atoms with Gasteiger partial charge in [0, 0.05) is 10.6 Å². The van der Waals surface area contributed by atoms with Gasteiger partial charge in [0.2, 0.25) is 0 Å². The first-order valence-electron chi connectivity index (χ1n) is 5.50. The summed E-state index contributed by atoms with van der Waals surface area (Å²) in [5.74, 6) is 0.458. The van der Waals surface area contributed by atoms with E-state index in [2.05, 4.69) is 0 Å². The molecule has 2 aromatic rings. The molecule has 2 aromatic carbocycles. The Kier molecular flexibility index (Phi) is 4.10. The number of halogens is 1. The Hall–Kier alpha value is -1.68. The van der Waals surface area contributed by atoms with Crippen LogP contribution in [0.25, 0.3) is 0 Å². The number of ether oxygens (including phenoxy) is 1. The van der Waals surface area contributed by atoms with Gasteiger partial charge in [-0.1, -0.05) is 12.1 Å². The number of anilines is 1. The Balaban J connectivity index is 2.11. The number of nitrogen functional groups attached to an aromatic ring is 1. The van der Waals surface area contributed by atoms with Gasteiger partial charge in [0.25, 0.3) is 0 Å². The molecule has 0 heterocycles. The van der Waals surface area contributed by atoms with Crippen molar-refractivity contribution in [1.29, 1.82) is 0 Å². The standard InChI is InChI=1S/C14H14FNOS/c1-18-14-5-3-2-4-13(14)17-9-10-6-11(15)8-12(16)7-10/h2-8H,9,16H2,1H3. The maximum atomic E-state index is 13.2. The highest BCUT2D eigenvalue weighted by Crippen LogP contribution is 2.27. The van der Waals surface area contributed by atoms with E-state index in [9.17, 15) is 4.39 Å². The quantitative estimate of drug-likeness (QED) is 0.674. The second-order valence-electron chi connectivity index (χ2n) is 3.83. The largest absolute Gasteiger partial charge is 0.488 e. The molecule has 0 aromatic heterocycles. The first-order chi connectivity index (χ1) is 8.69. The van der Waals surface area contributed by atoms with Crippen LogP contribution in [0.3, 0.4) is 0 Å². The fourth-order valence-corrected chi connectivity index (χ4v) is 2.20. The monoisotopic (exact) mass is 263 g/mol. The van der Waals surface area contributed by atoms with Crippen LogP contribution >= 0.6 is 11.8 Å². The van der Waals surface area contributed by atoms with Gasteiger partial charge in [-0.25, -0.2) is 4.39 Å². The maximum absolute atomic E-state index is 13.2. The van der Waals surface area contributed by atoms with Crippen molar-refractivity contribution in [2.75, 3.05) is 12.0 Å². The summed E-state index contributed by atoms with van der Waals surface area (Å²) in [5.41, 5.74) is 6.72. The van der Waals surface area contributed by atoms with Gasteiger partial charge in [-0.3, -0.25) is 0 Å². The number of hydrogen-bond donors (Lipinski definition) is 1. The molecule has 2 rings (SSSR count). The molecule has 4 heteroatoms. The lowest BCUT2D eigenvalue weighted by atomic mass is 10.2. The molecule has 0 fully saturated rings. The van der Waals surface area contributed by atoms with Crippen LogP contribution in [-0.4, -0.2) is 6.26 Å². The summed E-state index contributed by atoms with van der Waals surface area (Å²) in [5, 5.41) is 0. The molecule has 0 spiro atoms. The molecule has 18 heavy (non-hydrogen) atoms. The van der Waals surface area contributed by atoms with Gasteiger partial charge in [-0.05, 0) is 42.2 Å². The van der Waals surface area contributed by atoms with Crippen molar-refractivity contribution in [2.24, 2.45) is 0 Å². The van der Waals surface area contributed by atoms with E-state index in [-0.39, 0.29) is 5.82 Å². The third-order valence-corrected chi connectivity index (χ3v) is 3.22. The van der Waals surface area contributed by atoms with Crippen molar-refractivity contribution in [3.63, 3.8) is 0 Å². The third kappa shape index (κ3) is 3.17. The number of nitrogens with two attached hydrogens (primary N) is 1. The van der Waals surface area contributed by atoms with Crippen LogP contribution in [0.5, 0.6) is 5.75 Å². The van der Waals surface area contributed by atoms with Crippen molar-refractivity contribution in [1.82, 2.24) is 0 Å². The molecule has 0 aliphatic rings. The van der Waals surface area contributed by atoms with E-state index in [4.69, 9.17) is 10.5 Å². The lowest BCUT2D eigenvalue weighted by molar-refractivity contribution is 0.298. The van der Waals surface area contributed by atoms with Gasteiger partial charge >= 0.3 is 0 Å². The summed E-state index contributed by atoms with van der Waals surface area (Å²) >= 11 is 1.61. The van der Waals surface area contributed by atoms with E-state index in [1.54, 1.807) is 17.8 Å². The van der Waals surface area contributed by atoms with Crippen LogP contribution in [0, 0.1) is 5.82 Å². The summed E-state index contributed by atoms with van der Waals surface area (Å²) in [6.07, 6.45) is 1.99. The smallest absolute Gasteiger partial charge is 0.133 e. The van der Waals surface area contributed by atoms with E-state index in [0.717, 1.165) is 16.2 Å². The van der Waals surface area contributed by atoms with Crippen molar-refractivity contribution < 1.29 is 9.13 Å². The molecular formula is C14H14FNOS. The lowest BCUT2D eigenvalue weighted by Gasteiger charge is -2.10. The van der Waals surface area contributed by atoms with Gasteiger partial charge in [-0.15, -0.1) is 11.8 Å². The Bertz CT molecular complexity index is 525. The highest BCUT2D eigenvalue weighted by atomic mass is 32.2. The van der Waals surface area contributed by atoms with Crippen molar-refractivity contribution in [3.05, 3.63) is 53.8 Å². The molecule has 0 bridgehead atoms. The van der Waals surface area contributed by atoms with Crippen LogP contribution in [0.4, 0.5) is 10.1 Å². The average Bonchev–Trinajstić information content (AvgIpc) is 2.35. The molecular weight excluding hydrogens is 249 g/mol. The van der Waals surface area contributed by atoms with Crippen molar-refractivity contribution in [3.8, 4) is 5.75 Å². The Morgan fingerprint density at radius 2 is 2.00 bits per heavy atom. The zero-order chi connectivity index (χ0) is 13.0. The number of thioether (sulfide) groups is 1. The predicted molar refractivity (Wildman–Crippen MR) is 73.4 cm³/mol. The highest BCUT2D eigenvalue weighted by Gasteiger charge is 2.03. The summed E-state index contributed by atoms with van der Waals surface area (Å²) in [7, 11) is 0. The van der Waals surface area contributed by atoms with Crippen LogP contribution < -0.4 is 10.5 Å². The van der Waals surface area contributed by atoms with E-state index in [1.807, 2.05) is 30.5 Å². The first-order valence-corrected chi connectivity index (χ1v) is 6.72. The fraction of sp³-hybridized carbons (Fsp3) is 0.143. The predicted octanol–water partition coefficient (Wildman–Crippen LogP) is 3.71. The van der Waals surface area contributed by atoms with E-state index in [0.29, 0.717) is 12.3 Å². The average molecular weight is 263 g/mol. The van der Waals surface area contributed by atoms with Crippen molar-refractivity contribution >= 4 is 17.4 Å². The molecule has 0 saturated carbocycles. The van der Waals surface area contributed by atoms with E-state index in [1.165, 1.54) is 12.1 Å². The minimum Gasteiger partial charge on any atom is -0.488 e. The number of rotatable bonds is 4. The summed E-state index contributed by atoms with van der Waals surface area (Å²) in [6.45, 7) is 0.305. The fourth-order valence-electron chi connectivity index (χ4n) is 1.66. The van der Waals surface area contributed by atoms with Crippen LogP contribution in [0.1, 0.15) is 5.56 Å². The Morgan fingerprint density at radius 3 is 2.72 bits per heavy atom. The van der Waals surface area contributed by atoms with Crippen LogP contribution in [0.15, 0.2) is 47.4 Å². The number of benzene rings is 2. The van der Waals surface area contributed by atoms with Gasteiger partial charge in [-0.2, -0.15) is 0 Å². The topological polar surface area (TPSA) is 35.2 Å². The highest BCUT2D eigenvalue weighted by molar-refractivity contribution is 7.98. The molecule has 0 radical (unpaired) electrons. The van der Waals surface area contributed by atoms with Gasteiger partial charge in [0.1, 0.15) is 18.2 Å². The number of hydrogen-bond acceptors (Lipinski definition) is 3. The van der Waals surface area contributed by atoms with Gasteiger partial charge in [0.15, 0.2) is 0 Å². The molecule has 0 saturated heterocycles. The van der Waals surface area contributed by atoms with Crippen LogP contribution in [0.2, 0.25) is 0 Å². The molecule has 2 nitrogen and oxygen atoms in total. The molecule has 0 amide bonds. The minimum atomic E-state index is -0.341. The summed E-state index contributed by atoms with van der Waals surface area (Å²) in [6, 6.07) is 12.2. The number of para-hydroxylation sites is 1.